The van der Waals surface area contributed by atoms with Crippen LogP contribution in [0.3, 0.4) is 0 Å². The third-order valence-corrected chi connectivity index (χ3v) is 0. The Hall–Kier alpha value is 0.705. The molecule has 0 aliphatic rings. The van der Waals surface area contributed by atoms with E-state index in [0.29, 0.717) is 0 Å². The fourth-order valence-electron chi connectivity index (χ4n) is 0. The maximum absolute atomic E-state index is 7.33. The van der Waals surface area contributed by atoms with Gasteiger partial charge in [-0.05, 0) is 0 Å². The average molecular weight is 298 g/mol. The van der Waals surface area contributed by atoms with Gasteiger partial charge in [0, 0.05) is 21.1 Å². The van der Waals surface area contributed by atoms with E-state index < -0.39 is 9.05 Å². The molecule has 0 aromatic rings. The third-order valence-electron chi connectivity index (χ3n) is 0. The first-order valence-electron chi connectivity index (χ1n) is 0.894. The van der Waals surface area contributed by atoms with Crippen LogP contribution in [0.1, 0.15) is 0 Å². The molecule has 0 amide bonds. The molecular weight excluding hydrogens is 292 g/mol. The molecule has 0 fully saturated rings. The molecule has 7 heavy (non-hydrogen) atoms. The average Bonchev–Trinajstić information content (AvgIpc) is 0.722. The van der Waals surface area contributed by atoms with E-state index >= 15 is 0 Å². The van der Waals surface area contributed by atoms with Crippen LogP contribution in [0, 0.1) is 0 Å². The molecule has 7 heteroatoms. The molecule has 0 rings (SSSR count). The molecule has 6 N–H and O–H groups in total. The molecule has 0 aromatic carbocycles. The largest absolute Gasteiger partial charge is 0.668 e. The summed E-state index contributed by atoms with van der Waals surface area (Å²) in [6.07, 6.45) is 0. The summed E-state index contributed by atoms with van der Waals surface area (Å²) in [4.78, 5) is 29.3. The van der Waals surface area contributed by atoms with Crippen LogP contribution in [0.25, 0.3) is 0 Å². The molecule has 0 unspecified atom stereocenters. The fourth-order valence-corrected chi connectivity index (χ4v) is 0. The first-order valence-corrected chi connectivity index (χ1v) is 2.68. The van der Waals surface area contributed by atoms with E-state index in [1.54, 1.807) is 0 Å². The Morgan fingerprint density at radius 1 is 0.857 bits per heavy atom. The van der Waals surface area contributed by atoms with Gasteiger partial charge in [-0.25, -0.2) is 0 Å². The summed E-state index contributed by atoms with van der Waals surface area (Å²) in [6.45, 7) is 0. The fraction of sp³-hybridized carbons (Fsp3) is 0. The first kappa shape index (κ1) is 15.6. The third kappa shape index (κ3) is 299. The predicted octanol–water partition coefficient (Wildman–Crippen LogP) is -3.44. The Bertz CT molecular complexity index is 23.6. The molecular formula is H6O5SiW. The van der Waals surface area contributed by atoms with Gasteiger partial charge in [-0.15, -0.1) is 0 Å². The van der Waals surface area contributed by atoms with E-state index in [9.17, 15) is 0 Å². The van der Waals surface area contributed by atoms with Crippen LogP contribution in [0.15, 0.2) is 0 Å². The SMILES string of the molecule is O.O[Si](O)(O)O.[W]. The zero-order chi connectivity index (χ0) is 4.50. The molecule has 0 heterocycles. The van der Waals surface area contributed by atoms with E-state index in [-0.39, 0.29) is 26.5 Å². The number of rotatable bonds is 0. The molecule has 0 aliphatic carbocycles. The standard InChI is InChI=1S/H4O4Si.H2O.W/c1-5(2,3)4;;/h1-4H;1H2;. The second-order valence-corrected chi connectivity index (χ2v) is 1.80. The van der Waals surface area contributed by atoms with Crippen molar-refractivity contribution in [2.24, 2.45) is 0 Å². The van der Waals surface area contributed by atoms with Gasteiger partial charge in [0.2, 0.25) is 0 Å². The van der Waals surface area contributed by atoms with Crippen LogP contribution in [0.5, 0.6) is 0 Å². The summed E-state index contributed by atoms with van der Waals surface area (Å²) in [7, 11) is -4.61. The van der Waals surface area contributed by atoms with Crippen molar-refractivity contribution in [2.45, 2.75) is 0 Å². The second-order valence-electron chi connectivity index (χ2n) is 0.600. The Kier molecular flexibility index (Phi) is 10.9. The quantitative estimate of drug-likeness (QED) is 0.349. The van der Waals surface area contributed by atoms with Gasteiger partial charge < -0.3 is 24.7 Å². The van der Waals surface area contributed by atoms with E-state index in [0.717, 1.165) is 0 Å². The molecule has 0 saturated carbocycles. The van der Waals surface area contributed by atoms with Crippen LogP contribution in [0.4, 0.5) is 0 Å². The van der Waals surface area contributed by atoms with Crippen LogP contribution in [0.2, 0.25) is 0 Å². The molecule has 0 bridgehead atoms. The van der Waals surface area contributed by atoms with Crippen molar-refractivity contribution < 1.29 is 45.7 Å². The molecule has 0 radical (unpaired) electrons. The monoisotopic (exact) mass is 298 g/mol. The van der Waals surface area contributed by atoms with E-state index in [1.165, 1.54) is 0 Å². The van der Waals surface area contributed by atoms with Gasteiger partial charge in [-0.2, -0.15) is 0 Å². The minimum absolute atomic E-state index is 0. The zero-order valence-electron chi connectivity index (χ0n) is 3.20. The normalized spacial score (nSPS) is 8.57. The van der Waals surface area contributed by atoms with Gasteiger partial charge in [0.05, 0.1) is 0 Å². The predicted molar refractivity (Wildman–Crippen MR) is 18.2 cm³/mol. The van der Waals surface area contributed by atoms with E-state index in [2.05, 4.69) is 0 Å². The molecule has 0 aliphatic heterocycles. The van der Waals surface area contributed by atoms with Crippen molar-refractivity contribution in [1.29, 1.82) is 0 Å². The van der Waals surface area contributed by atoms with Crippen molar-refractivity contribution in [3.8, 4) is 0 Å². The van der Waals surface area contributed by atoms with Gasteiger partial charge in [-0.3, -0.25) is 0 Å². The molecule has 0 atom stereocenters. The van der Waals surface area contributed by atoms with Crippen LogP contribution in [-0.4, -0.2) is 33.7 Å². The van der Waals surface area contributed by atoms with Crippen molar-refractivity contribution >= 4 is 9.05 Å². The Morgan fingerprint density at radius 3 is 0.857 bits per heavy atom. The number of hydrogen-bond donors (Lipinski definition) is 4. The van der Waals surface area contributed by atoms with Crippen LogP contribution >= 0.6 is 0 Å². The molecule has 0 saturated heterocycles. The summed E-state index contributed by atoms with van der Waals surface area (Å²) < 4.78 is 0. The summed E-state index contributed by atoms with van der Waals surface area (Å²) >= 11 is 0. The van der Waals surface area contributed by atoms with Crippen molar-refractivity contribution in [2.75, 3.05) is 0 Å². The minimum Gasteiger partial charge on any atom is -0.412 e. The zero-order valence-corrected chi connectivity index (χ0v) is 7.13. The summed E-state index contributed by atoms with van der Waals surface area (Å²) in [5, 5.41) is 0. The Labute approximate surface area is 55.3 Å². The molecule has 5 nitrogen and oxygen atoms in total. The Morgan fingerprint density at radius 2 is 0.857 bits per heavy atom. The maximum atomic E-state index is 7.33. The Balaban J connectivity index is -0.0000000800. The minimum atomic E-state index is -4.61. The maximum Gasteiger partial charge on any atom is 0.668 e. The summed E-state index contributed by atoms with van der Waals surface area (Å²) in [6, 6.07) is 0. The van der Waals surface area contributed by atoms with Crippen molar-refractivity contribution in [3.63, 3.8) is 0 Å². The van der Waals surface area contributed by atoms with Gasteiger partial charge in [0.15, 0.2) is 0 Å². The van der Waals surface area contributed by atoms with Gasteiger partial charge in [0.1, 0.15) is 0 Å². The van der Waals surface area contributed by atoms with E-state index in [4.69, 9.17) is 19.2 Å². The topological polar surface area (TPSA) is 112 Å². The van der Waals surface area contributed by atoms with Crippen molar-refractivity contribution in [3.05, 3.63) is 0 Å². The molecule has 0 spiro atoms. The van der Waals surface area contributed by atoms with Gasteiger partial charge in [0.25, 0.3) is 0 Å². The van der Waals surface area contributed by atoms with Gasteiger partial charge >= 0.3 is 9.05 Å². The second kappa shape index (κ2) is 4.85. The van der Waals surface area contributed by atoms with E-state index in [1.807, 2.05) is 0 Å². The smallest absolute Gasteiger partial charge is 0.412 e. The summed E-state index contributed by atoms with van der Waals surface area (Å²) in [5.74, 6) is 0. The molecule has 0 aromatic heterocycles. The number of hydrogen-bond acceptors (Lipinski definition) is 4. The van der Waals surface area contributed by atoms with Crippen LogP contribution in [-0.2, 0) is 21.1 Å². The first-order chi connectivity index (χ1) is 2.00. The van der Waals surface area contributed by atoms with Crippen LogP contribution < -0.4 is 0 Å². The molecule has 46 valence electrons. The van der Waals surface area contributed by atoms with Gasteiger partial charge in [-0.1, -0.05) is 0 Å². The van der Waals surface area contributed by atoms with Crippen molar-refractivity contribution in [1.82, 2.24) is 0 Å². The summed E-state index contributed by atoms with van der Waals surface area (Å²) in [5.41, 5.74) is 0.